The number of anilines is 1. The van der Waals surface area contributed by atoms with E-state index in [-0.39, 0.29) is 17.9 Å². The first-order chi connectivity index (χ1) is 9.57. The molecule has 0 spiro atoms. The van der Waals surface area contributed by atoms with Crippen LogP contribution in [-0.4, -0.2) is 40.6 Å². The van der Waals surface area contributed by atoms with Crippen molar-refractivity contribution in [3.8, 4) is 0 Å². The molecule has 5 nitrogen and oxygen atoms in total. The summed E-state index contributed by atoms with van der Waals surface area (Å²) >= 11 is 1.46. The van der Waals surface area contributed by atoms with Gasteiger partial charge in [-0.25, -0.2) is 4.98 Å². The highest BCUT2D eigenvalue weighted by Gasteiger charge is 2.36. The molecule has 1 aliphatic heterocycles. The van der Waals surface area contributed by atoms with E-state index in [1.165, 1.54) is 18.3 Å². The molecule has 0 aliphatic carbocycles. The minimum atomic E-state index is -0.0886. The zero-order valence-corrected chi connectivity index (χ0v) is 13.0. The minimum absolute atomic E-state index is 0.0746. The SMILES string of the molecule is CCCC1(CO)CCN(Cc2csc(NC(C)=O)n2)C1. The van der Waals surface area contributed by atoms with Gasteiger partial charge in [-0.15, -0.1) is 11.3 Å². The lowest BCUT2D eigenvalue weighted by Crippen LogP contribution is -2.30. The third-order valence-corrected chi connectivity index (χ3v) is 4.66. The summed E-state index contributed by atoms with van der Waals surface area (Å²) in [7, 11) is 0. The normalized spacial score (nSPS) is 23.1. The van der Waals surface area contributed by atoms with E-state index in [0.29, 0.717) is 5.13 Å². The molecule has 0 radical (unpaired) electrons. The number of amides is 1. The quantitative estimate of drug-likeness (QED) is 0.844. The number of hydrogen-bond acceptors (Lipinski definition) is 5. The number of aliphatic hydroxyl groups is 1. The van der Waals surface area contributed by atoms with Gasteiger partial charge in [0, 0.05) is 37.4 Å². The first kappa shape index (κ1) is 15.4. The average molecular weight is 297 g/mol. The fourth-order valence-corrected chi connectivity index (χ4v) is 3.67. The van der Waals surface area contributed by atoms with Crippen molar-refractivity contribution >= 4 is 22.4 Å². The van der Waals surface area contributed by atoms with Crippen LogP contribution < -0.4 is 5.32 Å². The van der Waals surface area contributed by atoms with Crippen LogP contribution >= 0.6 is 11.3 Å². The van der Waals surface area contributed by atoms with Gasteiger partial charge in [-0.2, -0.15) is 0 Å². The van der Waals surface area contributed by atoms with Crippen molar-refractivity contribution in [1.82, 2.24) is 9.88 Å². The van der Waals surface area contributed by atoms with Crippen LogP contribution in [0, 0.1) is 5.41 Å². The van der Waals surface area contributed by atoms with E-state index in [0.717, 1.165) is 44.6 Å². The molecule has 1 aromatic rings. The number of rotatable bonds is 6. The molecule has 6 heteroatoms. The minimum Gasteiger partial charge on any atom is -0.396 e. The summed E-state index contributed by atoms with van der Waals surface area (Å²) in [5, 5.41) is 15.0. The molecule has 2 rings (SSSR count). The Kier molecular flexibility index (Phi) is 5.12. The van der Waals surface area contributed by atoms with E-state index in [1.807, 2.05) is 5.38 Å². The molecule has 1 aliphatic rings. The molecule has 2 N–H and O–H groups in total. The van der Waals surface area contributed by atoms with Crippen molar-refractivity contribution in [3.63, 3.8) is 0 Å². The first-order valence-electron chi connectivity index (χ1n) is 7.12. The Morgan fingerprint density at radius 3 is 3.10 bits per heavy atom. The number of aliphatic hydroxyl groups excluding tert-OH is 1. The maximum Gasteiger partial charge on any atom is 0.223 e. The van der Waals surface area contributed by atoms with Crippen LogP contribution in [0.15, 0.2) is 5.38 Å². The molecule has 0 aromatic carbocycles. The van der Waals surface area contributed by atoms with E-state index in [4.69, 9.17) is 0 Å². The second kappa shape index (κ2) is 6.65. The maximum absolute atomic E-state index is 11.0. The molecule has 1 aromatic heterocycles. The largest absolute Gasteiger partial charge is 0.396 e. The predicted molar refractivity (Wildman–Crippen MR) is 80.7 cm³/mol. The third kappa shape index (κ3) is 3.77. The number of nitrogens with one attached hydrogen (secondary N) is 1. The van der Waals surface area contributed by atoms with Crippen LogP contribution in [0.3, 0.4) is 0 Å². The molecule has 0 saturated carbocycles. The Balaban J connectivity index is 1.91. The Morgan fingerprint density at radius 1 is 1.65 bits per heavy atom. The average Bonchev–Trinajstić information content (AvgIpc) is 2.98. The molecular formula is C14H23N3O2S. The molecule has 1 saturated heterocycles. The number of carbonyl (C=O) groups excluding carboxylic acids is 1. The summed E-state index contributed by atoms with van der Waals surface area (Å²) in [5.41, 5.74) is 1.06. The number of aromatic nitrogens is 1. The first-order valence-corrected chi connectivity index (χ1v) is 8.00. The Morgan fingerprint density at radius 2 is 2.45 bits per heavy atom. The molecule has 1 fully saturated rings. The fourth-order valence-electron chi connectivity index (χ4n) is 2.92. The highest BCUT2D eigenvalue weighted by Crippen LogP contribution is 2.35. The van der Waals surface area contributed by atoms with Gasteiger partial charge in [-0.05, 0) is 19.4 Å². The van der Waals surface area contributed by atoms with Gasteiger partial charge in [0.1, 0.15) is 0 Å². The molecule has 1 atom stereocenters. The van der Waals surface area contributed by atoms with Gasteiger partial charge in [0.15, 0.2) is 5.13 Å². The van der Waals surface area contributed by atoms with E-state index in [9.17, 15) is 9.90 Å². The van der Waals surface area contributed by atoms with E-state index in [2.05, 4.69) is 22.1 Å². The van der Waals surface area contributed by atoms with Gasteiger partial charge in [-0.3, -0.25) is 9.69 Å². The Bertz CT molecular complexity index is 463. The van der Waals surface area contributed by atoms with Crippen molar-refractivity contribution < 1.29 is 9.90 Å². The number of thiazole rings is 1. The number of carbonyl (C=O) groups is 1. The van der Waals surface area contributed by atoms with Crippen LogP contribution in [0.4, 0.5) is 5.13 Å². The number of hydrogen-bond donors (Lipinski definition) is 2. The Labute approximate surface area is 124 Å². The van der Waals surface area contributed by atoms with Gasteiger partial charge in [-0.1, -0.05) is 13.3 Å². The van der Waals surface area contributed by atoms with Gasteiger partial charge in [0.05, 0.1) is 5.69 Å². The van der Waals surface area contributed by atoms with Gasteiger partial charge < -0.3 is 10.4 Å². The summed E-state index contributed by atoms with van der Waals surface area (Å²) in [4.78, 5) is 17.7. The van der Waals surface area contributed by atoms with Crippen LogP contribution in [-0.2, 0) is 11.3 Å². The lowest BCUT2D eigenvalue weighted by molar-refractivity contribution is -0.114. The standard InChI is InChI=1S/C14H23N3O2S/c1-3-4-14(10-18)5-6-17(9-14)7-12-8-20-13(16-12)15-11(2)19/h8,18H,3-7,9-10H2,1-2H3,(H,15,16,19). The monoisotopic (exact) mass is 297 g/mol. The topological polar surface area (TPSA) is 65.5 Å². The van der Waals surface area contributed by atoms with E-state index in [1.54, 1.807) is 0 Å². The van der Waals surface area contributed by atoms with Crippen molar-refractivity contribution in [1.29, 1.82) is 0 Å². The van der Waals surface area contributed by atoms with Crippen LogP contribution in [0.1, 0.15) is 38.8 Å². The molecular weight excluding hydrogens is 274 g/mol. The zero-order chi connectivity index (χ0) is 14.6. The van der Waals surface area contributed by atoms with E-state index >= 15 is 0 Å². The van der Waals surface area contributed by atoms with E-state index < -0.39 is 0 Å². The maximum atomic E-state index is 11.0. The summed E-state index contributed by atoms with van der Waals surface area (Å²) < 4.78 is 0. The third-order valence-electron chi connectivity index (χ3n) is 3.85. The Hall–Kier alpha value is -0.980. The van der Waals surface area contributed by atoms with Crippen LogP contribution in [0.2, 0.25) is 0 Å². The lowest BCUT2D eigenvalue weighted by atomic mass is 9.83. The van der Waals surface area contributed by atoms with Gasteiger partial charge >= 0.3 is 0 Å². The van der Waals surface area contributed by atoms with Gasteiger partial charge in [0.25, 0.3) is 0 Å². The van der Waals surface area contributed by atoms with Crippen LogP contribution in [0.25, 0.3) is 0 Å². The molecule has 20 heavy (non-hydrogen) atoms. The molecule has 1 amide bonds. The highest BCUT2D eigenvalue weighted by atomic mass is 32.1. The van der Waals surface area contributed by atoms with Gasteiger partial charge in [0.2, 0.25) is 5.91 Å². The summed E-state index contributed by atoms with van der Waals surface area (Å²) in [6, 6.07) is 0. The summed E-state index contributed by atoms with van der Waals surface area (Å²) in [6.45, 7) is 6.66. The molecule has 0 bridgehead atoms. The van der Waals surface area contributed by atoms with Crippen LogP contribution in [0.5, 0.6) is 0 Å². The number of nitrogens with zero attached hydrogens (tertiary/aromatic N) is 2. The highest BCUT2D eigenvalue weighted by molar-refractivity contribution is 7.13. The molecule has 2 heterocycles. The zero-order valence-electron chi connectivity index (χ0n) is 12.2. The summed E-state index contributed by atoms with van der Waals surface area (Å²) in [5.74, 6) is -0.0886. The van der Waals surface area contributed by atoms with Crippen molar-refractivity contribution in [2.24, 2.45) is 5.41 Å². The molecule has 112 valence electrons. The lowest BCUT2D eigenvalue weighted by Gasteiger charge is -2.26. The number of likely N-dealkylation sites (tertiary alicyclic amines) is 1. The summed E-state index contributed by atoms with van der Waals surface area (Å²) in [6.07, 6.45) is 3.24. The fraction of sp³-hybridized carbons (Fsp3) is 0.714. The van der Waals surface area contributed by atoms with Crippen molar-refractivity contribution in [2.45, 2.75) is 39.7 Å². The predicted octanol–water partition coefficient (Wildman–Crippen LogP) is 2.09. The second-order valence-electron chi connectivity index (χ2n) is 5.69. The molecule has 1 unspecified atom stereocenters. The second-order valence-corrected chi connectivity index (χ2v) is 6.55. The van der Waals surface area contributed by atoms with Crippen molar-refractivity contribution in [2.75, 3.05) is 25.0 Å². The smallest absolute Gasteiger partial charge is 0.223 e. The van der Waals surface area contributed by atoms with Crippen molar-refractivity contribution in [3.05, 3.63) is 11.1 Å².